The molecule has 60 heavy (non-hydrogen) atoms. The Bertz CT molecular complexity index is 1750. The van der Waals surface area contributed by atoms with E-state index in [4.69, 9.17) is 26.2 Å². The molecule has 0 saturated heterocycles. The lowest BCUT2D eigenvalue weighted by atomic mass is 9.93. The molecule has 8 N–H and O–H groups in total. The molecular weight excluding hydrogens is 765 g/mol. The fraction of sp³-hybridized carbons (Fsp3) is 0.600. The van der Waals surface area contributed by atoms with Crippen LogP contribution in [0.15, 0.2) is 36.4 Å². The number of carbonyl (C=O) groups excluding carboxylic acids is 5. The average Bonchev–Trinajstić information content (AvgIpc) is 3.23. The fourth-order valence-corrected chi connectivity index (χ4v) is 7.33. The average molecular weight is 833 g/mol. The van der Waals surface area contributed by atoms with E-state index in [-0.39, 0.29) is 51.4 Å². The summed E-state index contributed by atoms with van der Waals surface area (Å²) in [7, 11) is 1.47. The summed E-state index contributed by atoms with van der Waals surface area (Å²) in [6.07, 6.45) is 13.1. The van der Waals surface area contributed by atoms with Crippen molar-refractivity contribution >= 4 is 29.5 Å². The monoisotopic (exact) mass is 833 g/mol. The lowest BCUT2D eigenvalue weighted by Crippen LogP contribution is -2.56. The van der Waals surface area contributed by atoms with Crippen LogP contribution in [-0.4, -0.2) is 92.5 Å². The summed E-state index contributed by atoms with van der Waals surface area (Å²) in [6, 6.07) is 7.76. The van der Waals surface area contributed by atoms with Crippen LogP contribution in [-0.2, 0) is 30.4 Å². The standard InChI is InChI=1S/C45H68N8O7/c1-5-7-8-9-10-11-12-13-14-15-16-17-40(54)51-36(22-23-46)45(58)53(4)41-33-19-21-38(59-6-2)35(30-33)34-28-32(18-20-39(34)60-27-25-48)29-37(43(56)49-26-24-47)52-42(55)31(3)50-44(41)57/h18-21,28,30-31,36-37,41H,5-17,22-23,25-27,29,46,48H2,1-4H3,(H,49,56)(H,50,57)(H,51,54)(H,52,55)/t31-,36-,37-,41-/m0/s1. The molecule has 0 unspecified atom stereocenters. The van der Waals surface area contributed by atoms with Crippen molar-refractivity contribution in [2.75, 3.05) is 39.9 Å². The molecule has 0 radical (unpaired) electrons. The van der Waals surface area contributed by atoms with Crippen molar-refractivity contribution in [3.05, 3.63) is 47.5 Å². The summed E-state index contributed by atoms with van der Waals surface area (Å²) >= 11 is 0. The minimum Gasteiger partial charge on any atom is -0.493 e. The number of benzene rings is 2. The maximum Gasteiger partial charge on any atom is 0.248 e. The predicted molar refractivity (Wildman–Crippen MR) is 232 cm³/mol. The summed E-state index contributed by atoms with van der Waals surface area (Å²) < 4.78 is 12.1. The molecule has 0 spiro atoms. The highest BCUT2D eigenvalue weighted by atomic mass is 16.5. The lowest BCUT2D eigenvalue weighted by Gasteiger charge is -2.32. The highest BCUT2D eigenvalue weighted by molar-refractivity contribution is 5.96. The van der Waals surface area contributed by atoms with Crippen LogP contribution in [0.1, 0.15) is 121 Å². The van der Waals surface area contributed by atoms with E-state index >= 15 is 0 Å². The summed E-state index contributed by atoms with van der Waals surface area (Å²) in [5.41, 5.74) is 13.9. The molecule has 2 aromatic rings. The molecule has 4 bridgehead atoms. The van der Waals surface area contributed by atoms with E-state index in [1.807, 2.05) is 19.1 Å². The topological polar surface area (TPSA) is 231 Å². The van der Waals surface area contributed by atoms with Gasteiger partial charge in [-0.05, 0) is 68.6 Å². The third-order valence-electron chi connectivity index (χ3n) is 10.6. The first-order valence-corrected chi connectivity index (χ1v) is 21.7. The third-order valence-corrected chi connectivity index (χ3v) is 10.6. The summed E-state index contributed by atoms with van der Waals surface area (Å²) in [6.45, 7) is 6.11. The van der Waals surface area contributed by atoms with Crippen molar-refractivity contribution in [3.8, 4) is 28.7 Å². The molecule has 0 saturated carbocycles. The number of unbranched alkanes of at least 4 members (excludes halogenated alkanes) is 10. The Kier molecular flexibility index (Phi) is 22.0. The van der Waals surface area contributed by atoms with Crippen LogP contribution in [0.4, 0.5) is 0 Å². The summed E-state index contributed by atoms with van der Waals surface area (Å²) in [5, 5.41) is 20.0. The first-order valence-electron chi connectivity index (χ1n) is 21.7. The van der Waals surface area contributed by atoms with Crippen LogP contribution >= 0.6 is 0 Å². The maximum absolute atomic E-state index is 14.4. The Labute approximate surface area is 356 Å². The van der Waals surface area contributed by atoms with Crippen LogP contribution in [0.3, 0.4) is 0 Å². The molecule has 5 amide bonds. The number of amides is 5. The van der Waals surface area contributed by atoms with Gasteiger partial charge in [-0.25, -0.2) is 0 Å². The van der Waals surface area contributed by atoms with Gasteiger partial charge in [-0.1, -0.05) is 83.3 Å². The number of nitrogens with two attached hydrogens (primary N) is 2. The van der Waals surface area contributed by atoms with Gasteiger partial charge in [0.05, 0.1) is 12.7 Å². The van der Waals surface area contributed by atoms with E-state index < -0.39 is 47.8 Å². The Hall–Kier alpha value is -5.20. The molecule has 1 heterocycles. The van der Waals surface area contributed by atoms with Gasteiger partial charge < -0.3 is 47.1 Å². The van der Waals surface area contributed by atoms with Gasteiger partial charge in [-0.15, -0.1) is 0 Å². The number of carbonyl (C=O) groups is 5. The van der Waals surface area contributed by atoms with Gasteiger partial charge in [0.1, 0.15) is 48.8 Å². The number of rotatable bonds is 24. The van der Waals surface area contributed by atoms with E-state index in [0.717, 1.165) is 19.3 Å². The number of fused-ring (bicyclic) bond motifs is 5. The highest BCUT2D eigenvalue weighted by Crippen LogP contribution is 2.40. The van der Waals surface area contributed by atoms with Crippen molar-refractivity contribution in [2.24, 2.45) is 11.5 Å². The maximum atomic E-state index is 14.4. The summed E-state index contributed by atoms with van der Waals surface area (Å²) in [5.74, 6) is -1.81. The second-order valence-corrected chi connectivity index (χ2v) is 15.4. The lowest BCUT2D eigenvalue weighted by molar-refractivity contribution is -0.143. The molecule has 3 rings (SSSR count). The Morgan fingerprint density at radius 1 is 0.867 bits per heavy atom. The van der Waals surface area contributed by atoms with E-state index in [9.17, 15) is 24.0 Å². The van der Waals surface area contributed by atoms with E-state index in [1.54, 1.807) is 30.3 Å². The second kappa shape index (κ2) is 26.8. The van der Waals surface area contributed by atoms with Crippen molar-refractivity contribution < 1.29 is 33.4 Å². The molecule has 1 aliphatic heterocycles. The predicted octanol–water partition coefficient (Wildman–Crippen LogP) is 4.31. The van der Waals surface area contributed by atoms with Crippen LogP contribution < -0.4 is 42.2 Å². The number of hydrogen-bond acceptors (Lipinski definition) is 10. The Morgan fingerprint density at radius 3 is 2.13 bits per heavy atom. The molecule has 1 aliphatic rings. The molecule has 2 aromatic carbocycles. The largest absolute Gasteiger partial charge is 0.493 e. The minimum absolute atomic E-state index is 0.0465. The normalized spacial score (nSPS) is 16.9. The number of nitrogens with zero attached hydrogens (tertiary/aromatic N) is 2. The van der Waals surface area contributed by atoms with Crippen molar-refractivity contribution in [1.29, 1.82) is 5.26 Å². The number of hydrogen-bond donors (Lipinski definition) is 6. The zero-order valence-electron chi connectivity index (χ0n) is 36.1. The molecular formula is C45H68N8O7. The fourth-order valence-electron chi connectivity index (χ4n) is 7.33. The van der Waals surface area contributed by atoms with Crippen molar-refractivity contribution in [1.82, 2.24) is 26.2 Å². The summed E-state index contributed by atoms with van der Waals surface area (Å²) in [4.78, 5) is 70.0. The van der Waals surface area contributed by atoms with Crippen LogP contribution in [0.5, 0.6) is 11.5 Å². The van der Waals surface area contributed by atoms with Crippen LogP contribution in [0.25, 0.3) is 11.1 Å². The van der Waals surface area contributed by atoms with Gasteiger partial charge in [-0.3, -0.25) is 24.0 Å². The van der Waals surface area contributed by atoms with E-state index in [0.29, 0.717) is 46.8 Å². The Balaban J connectivity index is 1.96. The van der Waals surface area contributed by atoms with Crippen molar-refractivity contribution in [2.45, 2.75) is 135 Å². The van der Waals surface area contributed by atoms with Crippen LogP contribution in [0.2, 0.25) is 0 Å². The molecule has 330 valence electrons. The second-order valence-electron chi connectivity index (χ2n) is 15.4. The van der Waals surface area contributed by atoms with E-state index in [2.05, 4.69) is 28.2 Å². The number of nitrogens with one attached hydrogen (secondary N) is 4. The molecule has 15 heteroatoms. The van der Waals surface area contributed by atoms with Gasteiger partial charge in [0.15, 0.2) is 0 Å². The number of likely N-dealkylation sites (N-methyl/N-ethyl adjacent to an activating group) is 1. The van der Waals surface area contributed by atoms with E-state index in [1.165, 1.54) is 63.8 Å². The smallest absolute Gasteiger partial charge is 0.248 e. The highest BCUT2D eigenvalue weighted by Gasteiger charge is 2.36. The van der Waals surface area contributed by atoms with Gasteiger partial charge in [0, 0.05) is 37.6 Å². The zero-order chi connectivity index (χ0) is 43.9. The molecule has 15 nitrogen and oxygen atoms in total. The number of ether oxygens (including phenoxy) is 2. The minimum atomic E-state index is -1.29. The van der Waals surface area contributed by atoms with Gasteiger partial charge in [0.2, 0.25) is 29.5 Å². The first-order chi connectivity index (χ1) is 29.0. The third kappa shape index (κ3) is 15.4. The Morgan fingerprint density at radius 2 is 1.50 bits per heavy atom. The first kappa shape index (κ1) is 49.2. The number of nitriles is 1. The molecule has 0 fully saturated rings. The van der Waals surface area contributed by atoms with Gasteiger partial charge in [-0.2, -0.15) is 5.26 Å². The van der Waals surface area contributed by atoms with Gasteiger partial charge in [0.25, 0.3) is 0 Å². The molecule has 0 aliphatic carbocycles. The quantitative estimate of drug-likeness (QED) is 0.0649. The van der Waals surface area contributed by atoms with Gasteiger partial charge >= 0.3 is 0 Å². The van der Waals surface area contributed by atoms with Crippen molar-refractivity contribution in [3.63, 3.8) is 0 Å². The van der Waals surface area contributed by atoms with Crippen LogP contribution in [0, 0.1) is 11.3 Å². The zero-order valence-corrected chi connectivity index (χ0v) is 36.1. The SMILES string of the molecule is CCCCCCCCCCCCCC(=O)N[C@@H](CCN)C(=O)N(C)[C@@H]1C(=O)N[C@@H](C)C(=O)N[C@H](C(=O)NCC#N)Cc2ccc(OCCN)c(c2)-c2cc1ccc2OCC. The molecule has 4 atom stereocenters. The molecule has 0 aromatic heterocycles.